The molecule has 1 aliphatic heterocycles. The standard InChI is InChI=1S/C22H30N6O/c29-21(22-10-15-8-16(11-22)17(9-15)12-22)26-19-18-13-25-28(20(18)24-14-23-19)7-6-27-4-2-1-3-5-27/h13-17H,1-12H2,(H,23,24,26,29). The van der Waals surface area contributed by atoms with Gasteiger partial charge in [-0.15, -0.1) is 0 Å². The Balaban J connectivity index is 1.19. The Morgan fingerprint density at radius 3 is 2.62 bits per heavy atom. The second-order valence-electron chi connectivity index (χ2n) is 9.93. The van der Waals surface area contributed by atoms with E-state index in [2.05, 4.69) is 25.3 Å². The predicted molar refractivity (Wildman–Crippen MR) is 110 cm³/mol. The summed E-state index contributed by atoms with van der Waals surface area (Å²) < 4.78 is 1.96. The minimum absolute atomic E-state index is 0.155. The van der Waals surface area contributed by atoms with E-state index >= 15 is 0 Å². The third-order valence-electron chi connectivity index (χ3n) is 8.15. The molecule has 2 aromatic heterocycles. The van der Waals surface area contributed by atoms with Crippen LogP contribution in [0, 0.1) is 23.2 Å². The topological polar surface area (TPSA) is 75.9 Å². The van der Waals surface area contributed by atoms with E-state index in [1.54, 1.807) is 6.33 Å². The summed E-state index contributed by atoms with van der Waals surface area (Å²) in [5, 5.41) is 8.59. The summed E-state index contributed by atoms with van der Waals surface area (Å²) in [4.78, 5) is 24.7. The number of carbonyl (C=O) groups is 1. The maximum Gasteiger partial charge on any atom is 0.231 e. The Kier molecular flexibility index (Phi) is 4.15. The van der Waals surface area contributed by atoms with Gasteiger partial charge in [0, 0.05) is 6.54 Å². The van der Waals surface area contributed by atoms with Crippen LogP contribution in [0.3, 0.4) is 0 Å². The fraction of sp³-hybridized carbons (Fsp3) is 0.727. The van der Waals surface area contributed by atoms with Gasteiger partial charge in [0.15, 0.2) is 5.65 Å². The quantitative estimate of drug-likeness (QED) is 0.843. The van der Waals surface area contributed by atoms with Gasteiger partial charge in [-0.25, -0.2) is 14.6 Å². The minimum Gasteiger partial charge on any atom is -0.309 e. The van der Waals surface area contributed by atoms with Crippen LogP contribution in [-0.4, -0.2) is 50.2 Å². The van der Waals surface area contributed by atoms with Crippen LogP contribution in [0.5, 0.6) is 0 Å². The van der Waals surface area contributed by atoms with E-state index in [9.17, 15) is 4.79 Å². The molecule has 4 aliphatic carbocycles. The molecule has 5 fully saturated rings. The summed E-state index contributed by atoms with van der Waals surface area (Å²) in [5.74, 6) is 3.13. The van der Waals surface area contributed by atoms with E-state index in [1.807, 2.05) is 10.9 Å². The normalized spacial score (nSPS) is 33.6. The number of amides is 1. The van der Waals surface area contributed by atoms with Gasteiger partial charge in [-0.2, -0.15) is 5.10 Å². The lowest BCUT2D eigenvalue weighted by Crippen LogP contribution is -2.39. The predicted octanol–water partition coefficient (Wildman–Crippen LogP) is 3.08. The zero-order chi connectivity index (χ0) is 19.4. The zero-order valence-corrected chi connectivity index (χ0v) is 17.0. The molecule has 1 saturated heterocycles. The largest absolute Gasteiger partial charge is 0.309 e. The average Bonchev–Trinajstić information content (AvgIpc) is 3.36. The zero-order valence-electron chi connectivity index (χ0n) is 17.0. The van der Waals surface area contributed by atoms with Crippen molar-refractivity contribution in [2.75, 3.05) is 25.0 Å². The molecule has 7 rings (SSSR count). The summed E-state index contributed by atoms with van der Waals surface area (Å²) >= 11 is 0. The molecule has 1 N–H and O–H groups in total. The van der Waals surface area contributed by atoms with Crippen molar-refractivity contribution in [3.05, 3.63) is 12.5 Å². The van der Waals surface area contributed by atoms with Crippen molar-refractivity contribution in [3.8, 4) is 0 Å². The molecule has 29 heavy (non-hydrogen) atoms. The van der Waals surface area contributed by atoms with Crippen molar-refractivity contribution in [1.82, 2.24) is 24.6 Å². The lowest BCUT2D eigenvalue weighted by molar-refractivity contribution is -0.128. The first-order chi connectivity index (χ1) is 14.2. The van der Waals surface area contributed by atoms with Gasteiger partial charge < -0.3 is 10.2 Å². The number of hydrogen-bond donors (Lipinski definition) is 1. The maximum absolute atomic E-state index is 13.3. The molecule has 7 heteroatoms. The monoisotopic (exact) mass is 394 g/mol. The van der Waals surface area contributed by atoms with Crippen LogP contribution in [-0.2, 0) is 11.3 Å². The molecule has 5 aliphatic rings. The highest BCUT2D eigenvalue weighted by Crippen LogP contribution is 2.64. The Hall–Kier alpha value is -2.02. The molecule has 4 saturated carbocycles. The fourth-order valence-electron chi connectivity index (χ4n) is 6.90. The van der Waals surface area contributed by atoms with Crippen LogP contribution >= 0.6 is 0 Å². The lowest BCUT2D eigenvalue weighted by atomic mass is 9.69. The maximum atomic E-state index is 13.3. The summed E-state index contributed by atoms with van der Waals surface area (Å²) in [5.41, 5.74) is 0.665. The van der Waals surface area contributed by atoms with Gasteiger partial charge in [0.2, 0.25) is 5.91 Å². The average molecular weight is 395 g/mol. The highest BCUT2D eigenvalue weighted by Gasteiger charge is 2.59. The third-order valence-corrected chi connectivity index (χ3v) is 8.15. The molecular formula is C22H30N6O. The first-order valence-electron chi connectivity index (χ1n) is 11.4. The van der Waals surface area contributed by atoms with Crippen LogP contribution < -0.4 is 5.32 Å². The Labute approximate surface area is 171 Å². The second-order valence-corrected chi connectivity index (χ2v) is 9.93. The fourth-order valence-corrected chi connectivity index (χ4v) is 6.90. The number of piperidine rings is 1. The molecule has 0 spiro atoms. The Bertz CT molecular complexity index is 913. The molecular weight excluding hydrogens is 364 g/mol. The third kappa shape index (κ3) is 2.97. The number of rotatable bonds is 5. The molecule has 0 aromatic carbocycles. The van der Waals surface area contributed by atoms with Gasteiger partial charge in [0.1, 0.15) is 12.1 Å². The Morgan fingerprint density at radius 1 is 1.07 bits per heavy atom. The van der Waals surface area contributed by atoms with Crippen molar-refractivity contribution in [2.24, 2.45) is 23.2 Å². The molecule has 2 unspecified atom stereocenters. The van der Waals surface area contributed by atoms with E-state index < -0.39 is 0 Å². The van der Waals surface area contributed by atoms with Crippen molar-refractivity contribution < 1.29 is 4.79 Å². The van der Waals surface area contributed by atoms with Gasteiger partial charge in [0.05, 0.1) is 23.5 Å². The SMILES string of the molecule is O=C(Nc1ncnc2c1cnn2CCN1CCCCC1)C12CC3CC(C1)C(C3)C2. The summed E-state index contributed by atoms with van der Waals surface area (Å²) in [6.45, 7) is 4.18. The number of hydrogen-bond acceptors (Lipinski definition) is 5. The van der Waals surface area contributed by atoms with Gasteiger partial charge >= 0.3 is 0 Å². The number of carbonyl (C=O) groups excluding carboxylic acids is 1. The first kappa shape index (κ1) is 17.8. The number of likely N-dealkylation sites (tertiary alicyclic amines) is 1. The highest BCUT2D eigenvalue weighted by molar-refractivity contribution is 6.01. The van der Waals surface area contributed by atoms with Crippen LogP contribution in [0.4, 0.5) is 5.82 Å². The molecule has 4 bridgehead atoms. The molecule has 1 amide bonds. The summed E-state index contributed by atoms with van der Waals surface area (Å²) in [7, 11) is 0. The van der Waals surface area contributed by atoms with Gasteiger partial charge in [-0.3, -0.25) is 4.79 Å². The van der Waals surface area contributed by atoms with Crippen LogP contribution in [0.1, 0.15) is 51.4 Å². The van der Waals surface area contributed by atoms with Gasteiger partial charge in [0.25, 0.3) is 0 Å². The molecule has 3 heterocycles. The lowest BCUT2D eigenvalue weighted by Gasteiger charge is -2.36. The Morgan fingerprint density at radius 2 is 1.86 bits per heavy atom. The first-order valence-corrected chi connectivity index (χ1v) is 11.4. The van der Waals surface area contributed by atoms with Gasteiger partial charge in [-0.05, 0) is 75.8 Å². The number of nitrogens with one attached hydrogen (secondary N) is 1. The van der Waals surface area contributed by atoms with E-state index in [0.29, 0.717) is 5.82 Å². The van der Waals surface area contributed by atoms with Crippen LogP contribution in [0.25, 0.3) is 11.0 Å². The van der Waals surface area contributed by atoms with E-state index in [4.69, 9.17) is 0 Å². The van der Waals surface area contributed by atoms with Crippen molar-refractivity contribution >= 4 is 22.8 Å². The van der Waals surface area contributed by atoms with Crippen molar-refractivity contribution in [3.63, 3.8) is 0 Å². The number of anilines is 1. The van der Waals surface area contributed by atoms with Crippen LogP contribution in [0.2, 0.25) is 0 Å². The van der Waals surface area contributed by atoms with E-state index in [-0.39, 0.29) is 11.3 Å². The number of fused-ring (bicyclic) bond motifs is 1. The smallest absolute Gasteiger partial charge is 0.231 e. The second kappa shape index (κ2) is 6.76. The summed E-state index contributed by atoms with van der Waals surface area (Å²) in [6.07, 6.45) is 13.2. The van der Waals surface area contributed by atoms with Crippen molar-refractivity contribution in [1.29, 1.82) is 0 Å². The van der Waals surface area contributed by atoms with E-state index in [0.717, 1.165) is 61.1 Å². The minimum atomic E-state index is -0.155. The highest BCUT2D eigenvalue weighted by atomic mass is 16.2. The molecule has 2 atom stereocenters. The molecule has 2 aromatic rings. The molecule has 154 valence electrons. The van der Waals surface area contributed by atoms with E-state index in [1.165, 1.54) is 45.2 Å². The molecule has 7 nitrogen and oxygen atoms in total. The van der Waals surface area contributed by atoms with Crippen LogP contribution in [0.15, 0.2) is 12.5 Å². The number of nitrogens with zero attached hydrogens (tertiary/aromatic N) is 5. The number of aromatic nitrogens is 4. The van der Waals surface area contributed by atoms with Crippen molar-refractivity contribution in [2.45, 2.75) is 57.9 Å². The summed E-state index contributed by atoms with van der Waals surface area (Å²) in [6, 6.07) is 0. The van der Waals surface area contributed by atoms with Gasteiger partial charge in [-0.1, -0.05) is 6.42 Å². The molecule has 0 radical (unpaired) electrons.